The summed E-state index contributed by atoms with van der Waals surface area (Å²) >= 11 is 12.9. The topological polar surface area (TPSA) is 85.5 Å². The standard InChI is InChI=1S/C31H26Cl2N2O4/c1-4-18-15-27(31(36)37)34-26-13-10-20(14-22(18)26)19-8-11-21(12-9-19)38-16-23-29(35-39-30(23)17(2)3)28-24(32)6-5-7-25(28)33/h5-15,17H,4,16H2,1-3H3,(H,36,37). The average molecular weight is 561 g/mol. The van der Waals surface area contributed by atoms with E-state index in [2.05, 4.69) is 10.1 Å². The Morgan fingerprint density at radius 1 is 1.00 bits per heavy atom. The minimum Gasteiger partial charge on any atom is -0.489 e. The van der Waals surface area contributed by atoms with Crippen molar-refractivity contribution in [3.8, 4) is 28.1 Å². The van der Waals surface area contributed by atoms with E-state index >= 15 is 0 Å². The number of aromatic nitrogens is 2. The highest BCUT2D eigenvalue weighted by Gasteiger charge is 2.24. The number of ether oxygens (including phenoxy) is 1. The van der Waals surface area contributed by atoms with Gasteiger partial charge < -0.3 is 14.4 Å². The maximum Gasteiger partial charge on any atom is 0.354 e. The van der Waals surface area contributed by atoms with E-state index in [4.69, 9.17) is 32.5 Å². The molecule has 0 aliphatic heterocycles. The van der Waals surface area contributed by atoms with Crippen LogP contribution in [0.4, 0.5) is 0 Å². The second-order valence-electron chi connectivity index (χ2n) is 9.50. The van der Waals surface area contributed by atoms with Crippen LogP contribution in [0.5, 0.6) is 5.75 Å². The number of hydrogen-bond donors (Lipinski definition) is 1. The van der Waals surface area contributed by atoms with Crippen LogP contribution in [-0.2, 0) is 13.0 Å². The summed E-state index contributed by atoms with van der Waals surface area (Å²) in [4.78, 5) is 15.7. The van der Waals surface area contributed by atoms with E-state index in [1.807, 2.05) is 63.2 Å². The molecular formula is C31H26Cl2N2O4. The Balaban J connectivity index is 1.41. The molecule has 0 aliphatic carbocycles. The van der Waals surface area contributed by atoms with Crippen molar-refractivity contribution in [1.82, 2.24) is 10.1 Å². The van der Waals surface area contributed by atoms with Gasteiger partial charge in [-0.05, 0) is 65.6 Å². The van der Waals surface area contributed by atoms with E-state index in [-0.39, 0.29) is 18.2 Å². The molecule has 39 heavy (non-hydrogen) atoms. The number of benzene rings is 3. The van der Waals surface area contributed by atoms with Crippen molar-refractivity contribution in [2.45, 2.75) is 39.7 Å². The van der Waals surface area contributed by atoms with E-state index in [1.165, 1.54) is 0 Å². The molecule has 8 heteroatoms. The van der Waals surface area contributed by atoms with Gasteiger partial charge in [-0.2, -0.15) is 0 Å². The Hall–Kier alpha value is -3.87. The molecule has 0 radical (unpaired) electrons. The van der Waals surface area contributed by atoms with Gasteiger partial charge in [0.05, 0.1) is 21.1 Å². The minimum atomic E-state index is -1.03. The SMILES string of the molecule is CCc1cc(C(=O)O)nc2ccc(-c3ccc(OCc4c(-c5c(Cl)cccc5Cl)noc4C(C)C)cc3)cc12. The van der Waals surface area contributed by atoms with Crippen LogP contribution in [0.2, 0.25) is 10.0 Å². The predicted octanol–water partition coefficient (Wildman–Crippen LogP) is 8.83. The lowest BCUT2D eigenvalue weighted by molar-refractivity contribution is 0.0691. The molecule has 6 nitrogen and oxygen atoms in total. The zero-order valence-corrected chi connectivity index (χ0v) is 23.2. The summed E-state index contributed by atoms with van der Waals surface area (Å²) in [7, 11) is 0. The molecule has 1 N–H and O–H groups in total. The van der Waals surface area contributed by atoms with E-state index in [1.54, 1.807) is 24.3 Å². The van der Waals surface area contributed by atoms with Gasteiger partial charge >= 0.3 is 5.97 Å². The fraction of sp³-hybridized carbons (Fsp3) is 0.194. The summed E-state index contributed by atoms with van der Waals surface area (Å²) in [5.74, 6) is 0.476. The molecule has 2 heterocycles. The van der Waals surface area contributed by atoms with Gasteiger partial charge in [0.25, 0.3) is 0 Å². The monoisotopic (exact) mass is 560 g/mol. The van der Waals surface area contributed by atoms with Gasteiger partial charge in [0.15, 0.2) is 0 Å². The Morgan fingerprint density at radius 2 is 1.69 bits per heavy atom. The lowest BCUT2D eigenvalue weighted by Gasteiger charge is -2.12. The van der Waals surface area contributed by atoms with Gasteiger partial charge in [-0.1, -0.05) is 73.4 Å². The zero-order valence-electron chi connectivity index (χ0n) is 21.7. The third kappa shape index (κ3) is 5.35. The van der Waals surface area contributed by atoms with Crippen LogP contribution in [-0.4, -0.2) is 21.2 Å². The van der Waals surface area contributed by atoms with Crippen molar-refractivity contribution < 1.29 is 19.2 Å². The summed E-state index contributed by atoms with van der Waals surface area (Å²) in [5, 5.41) is 15.6. The predicted molar refractivity (Wildman–Crippen MR) is 154 cm³/mol. The fourth-order valence-electron chi connectivity index (χ4n) is 4.61. The summed E-state index contributed by atoms with van der Waals surface area (Å²) in [6.07, 6.45) is 0.707. The molecule has 0 aliphatic rings. The smallest absolute Gasteiger partial charge is 0.354 e. The summed E-state index contributed by atoms with van der Waals surface area (Å²) in [6.45, 7) is 6.30. The van der Waals surface area contributed by atoms with Crippen LogP contribution < -0.4 is 4.74 Å². The van der Waals surface area contributed by atoms with E-state index in [0.717, 1.165) is 33.4 Å². The number of pyridine rings is 1. The van der Waals surface area contributed by atoms with Gasteiger partial charge in [-0.25, -0.2) is 9.78 Å². The first-order valence-electron chi connectivity index (χ1n) is 12.6. The highest BCUT2D eigenvalue weighted by Crippen LogP contribution is 2.39. The molecule has 5 rings (SSSR count). The Morgan fingerprint density at radius 3 is 2.33 bits per heavy atom. The van der Waals surface area contributed by atoms with Crippen molar-refractivity contribution in [3.63, 3.8) is 0 Å². The van der Waals surface area contributed by atoms with E-state index in [0.29, 0.717) is 39.0 Å². The zero-order chi connectivity index (χ0) is 27.7. The quantitative estimate of drug-likeness (QED) is 0.204. The van der Waals surface area contributed by atoms with Crippen molar-refractivity contribution >= 4 is 40.1 Å². The van der Waals surface area contributed by atoms with E-state index < -0.39 is 5.97 Å². The van der Waals surface area contributed by atoms with Crippen molar-refractivity contribution in [2.24, 2.45) is 0 Å². The molecule has 0 saturated carbocycles. The highest BCUT2D eigenvalue weighted by molar-refractivity contribution is 6.39. The number of carboxylic acids is 1. The molecule has 0 bridgehead atoms. The molecule has 0 amide bonds. The number of aromatic carboxylic acids is 1. The number of nitrogens with zero attached hydrogens (tertiary/aromatic N) is 2. The number of fused-ring (bicyclic) bond motifs is 1. The number of aryl methyl sites for hydroxylation is 1. The molecule has 0 saturated heterocycles. The lowest BCUT2D eigenvalue weighted by atomic mass is 9.99. The number of carboxylic acid groups (broad SMARTS) is 1. The van der Waals surface area contributed by atoms with Gasteiger partial charge in [-0.15, -0.1) is 0 Å². The normalized spacial score (nSPS) is 11.3. The first-order valence-corrected chi connectivity index (χ1v) is 13.4. The average Bonchev–Trinajstić information content (AvgIpc) is 3.35. The van der Waals surface area contributed by atoms with Gasteiger partial charge in [-0.3, -0.25) is 0 Å². The Bertz CT molecular complexity index is 1660. The summed E-state index contributed by atoms with van der Waals surface area (Å²) < 4.78 is 11.8. The van der Waals surface area contributed by atoms with Crippen LogP contribution in [0, 0.1) is 0 Å². The Labute approximate surface area is 236 Å². The van der Waals surface area contributed by atoms with Crippen LogP contribution in [0.25, 0.3) is 33.3 Å². The molecule has 0 fully saturated rings. The third-order valence-corrected chi connectivity index (χ3v) is 7.24. The third-order valence-electron chi connectivity index (χ3n) is 6.61. The molecule has 0 unspecified atom stereocenters. The first-order chi connectivity index (χ1) is 18.8. The van der Waals surface area contributed by atoms with Crippen LogP contribution >= 0.6 is 23.2 Å². The maximum atomic E-state index is 11.4. The van der Waals surface area contributed by atoms with Crippen molar-refractivity contribution in [3.05, 3.63) is 99.4 Å². The number of hydrogen-bond acceptors (Lipinski definition) is 5. The Kier molecular flexibility index (Phi) is 7.60. The van der Waals surface area contributed by atoms with Crippen molar-refractivity contribution in [2.75, 3.05) is 0 Å². The maximum absolute atomic E-state index is 11.4. The minimum absolute atomic E-state index is 0.0574. The second kappa shape index (κ2) is 11.1. The molecule has 198 valence electrons. The van der Waals surface area contributed by atoms with E-state index in [9.17, 15) is 9.90 Å². The molecule has 3 aromatic carbocycles. The van der Waals surface area contributed by atoms with Gasteiger partial charge in [0.2, 0.25) is 0 Å². The molecular weight excluding hydrogens is 535 g/mol. The number of rotatable bonds is 8. The van der Waals surface area contributed by atoms with Crippen LogP contribution in [0.3, 0.4) is 0 Å². The fourth-order valence-corrected chi connectivity index (χ4v) is 5.19. The molecule has 0 spiro atoms. The summed E-state index contributed by atoms with van der Waals surface area (Å²) in [5.41, 5.74) is 5.69. The van der Waals surface area contributed by atoms with Crippen LogP contribution in [0.1, 0.15) is 54.1 Å². The molecule has 0 atom stereocenters. The molecule has 2 aromatic heterocycles. The number of carbonyl (C=O) groups is 1. The number of halogens is 2. The summed E-state index contributed by atoms with van der Waals surface area (Å²) in [6, 6.07) is 20.6. The molecule has 5 aromatic rings. The van der Waals surface area contributed by atoms with Gasteiger partial charge in [0, 0.05) is 16.9 Å². The second-order valence-corrected chi connectivity index (χ2v) is 10.3. The first kappa shape index (κ1) is 26.7. The van der Waals surface area contributed by atoms with Gasteiger partial charge in [0.1, 0.15) is 29.5 Å². The largest absolute Gasteiger partial charge is 0.489 e. The van der Waals surface area contributed by atoms with Crippen molar-refractivity contribution in [1.29, 1.82) is 0 Å². The van der Waals surface area contributed by atoms with Crippen LogP contribution in [0.15, 0.2) is 71.3 Å². The highest BCUT2D eigenvalue weighted by atomic mass is 35.5. The lowest BCUT2D eigenvalue weighted by Crippen LogP contribution is -2.02.